The van der Waals surface area contributed by atoms with Crippen molar-refractivity contribution in [1.29, 1.82) is 0 Å². The molecule has 0 aromatic heterocycles. The van der Waals surface area contributed by atoms with Crippen LogP contribution in [-0.2, 0) is 0 Å². The summed E-state index contributed by atoms with van der Waals surface area (Å²) in [6.07, 6.45) is 2.40. The summed E-state index contributed by atoms with van der Waals surface area (Å²) in [7, 11) is 0. The third kappa shape index (κ3) is 5.42. The molecule has 1 aromatic rings. The van der Waals surface area contributed by atoms with E-state index in [1.54, 1.807) is 11.8 Å². The van der Waals surface area contributed by atoms with Crippen molar-refractivity contribution < 1.29 is 9.84 Å². The molecule has 0 aliphatic carbocycles. The molecular formula is C13H20O2S. The van der Waals surface area contributed by atoms with Crippen molar-refractivity contribution in [1.82, 2.24) is 0 Å². The molecule has 0 amide bonds. The molecule has 0 saturated carbocycles. The van der Waals surface area contributed by atoms with Crippen LogP contribution < -0.4 is 4.74 Å². The number of thioether (sulfide) groups is 1. The van der Waals surface area contributed by atoms with Gasteiger partial charge in [0.2, 0.25) is 0 Å². The minimum atomic E-state index is 0.182. The fourth-order valence-corrected chi connectivity index (χ4v) is 2.31. The van der Waals surface area contributed by atoms with Gasteiger partial charge in [0.25, 0.3) is 0 Å². The van der Waals surface area contributed by atoms with E-state index in [0.29, 0.717) is 6.61 Å². The van der Waals surface area contributed by atoms with Crippen LogP contribution in [0.1, 0.15) is 19.8 Å². The standard InChI is InChI=1S/C13H20O2S/c1-2-3-9-16-13(10-14)11-15-12-7-5-4-6-8-12/h4-8,13-14H,2-3,9-11H2,1H3. The van der Waals surface area contributed by atoms with Crippen molar-refractivity contribution in [3.05, 3.63) is 30.3 Å². The minimum absolute atomic E-state index is 0.182. The molecule has 0 saturated heterocycles. The molecular weight excluding hydrogens is 220 g/mol. The van der Waals surface area contributed by atoms with Gasteiger partial charge in [-0.05, 0) is 24.3 Å². The fourth-order valence-electron chi connectivity index (χ4n) is 1.25. The second kappa shape index (κ2) is 8.48. The number of hydrogen-bond acceptors (Lipinski definition) is 3. The normalized spacial score (nSPS) is 12.4. The number of ether oxygens (including phenoxy) is 1. The molecule has 0 aliphatic heterocycles. The van der Waals surface area contributed by atoms with Crippen LogP contribution in [0.5, 0.6) is 5.75 Å². The Kier molecular flexibility index (Phi) is 7.10. The van der Waals surface area contributed by atoms with Crippen molar-refractivity contribution in [3.8, 4) is 5.75 Å². The number of benzene rings is 1. The summed E-state index contributed by atoms with van der Waals surface area (Å²) in [6.45, 7) is 2.94. The first kappa shape index (κ1) is 13.4. The van der Waals surface area contributed by atoms with Gasteiger partial charge in [0.1, 0.15) is 12.4 Å². The number of rotatable bonds is 8. The lowest BCUT2D eigenvalue weighted by Crippen LogP contribution is -2.19. The van der Waals surface area contributed by atoms with E-state index < -0.39 is 0 Å². The maximum Gasteiger partial charge on any atom is 0.119 e. The molecule has 2 nitrogen and oxygen atoms in total. The molecule has 0 aliphatic rings. The van der Waals surface area contributed by atoms with Crippen LogP contribution in [0, 0.1) is 0 Å². The van der Waals surface area contributed by atoms with Gasteiger partial charge in [-0.2, -0.15) is 11.8 Å². The third-order valence-electron chi connectivity index (χ3n) is 2.23. The molecule has 3 heteroatoms. The second-order valence-electron chi connectivity index (χ2n) is 3.65. The van der Waals surface area contributed by atoms with E-state index in [1.165, 1.54) is 12.8 Å². The summed E-state index contributed by atoms with van der Waals surface area (Å²) < 4.78 is 5.61. The highest BCUT2D eigenvalue weighted by Gasteiger charge is 2.08. The number of para-hydroxylation sites is 1. The van der Waals surface area contributed by atoms with E-state index in [2.05, 4.69) is 6.92 Å². The van der Waals surface area contributed by atoms with Gasteiger partial charge in [0, 0.05) is 0 Å². The predicted molar refractivity (Wildman–Crippen MR) is 70.2 cm³/mol. The zero-order valence-corrected chi connectivity index (χ0v) is 10.6. The molecule has 0 radical (unpaired) electrons. The average molecular weight is 240 g/mol. The Balaban J connectivity index is 2.23. The van der Waals surface area contributed by atoms with Gasteiger partial charge in [-0.15, -0.1) is 0 Å². The lowest BCUT2D eigenvalue weighted by molar-refractivity contribution is 0.241. The minimum Gasteiger partial charge on any atom is -0.492 e. The number of aliphatic hydroxyl groups excluding tert-OH is 1. The van der Waals surface area contributed by atoms with Crippen LogP contribution in [0.25, 0.3) is 0 Å². The van der Waals surface area contributed by atoms with E-state index in [4.69, 9.17) is 4.74 Å². The summed E-state index contributed by atoms with van der Waals surface area (Å²) in [5.74, 6) is 1.97. The summed E-state index contributed by atoms with van der Waals surface area (Å²) >= 11 is 1.79. The van der Waals surface area contributed by atoms with Gasteiger partial charge in [-0.1, -0.05) is 31.5 Å². The number of aliphatic hydroxyl groups is 1. The Hall–Kier alpha value is -0.670. The van der Waals surface area contributed by atoms with Gasteiger partial charge in [0.15, 0.2) is 0 Å². The largest absolute Gasteiger partial charge is 0.492 e. The van der Waals surface area contributed by atoms with E-state index >= 15 is 0 Å². The summed E-state index contributed by atoms with van der Waals surface area (Å²) in [5, 5.41) is 9.39. The lowest BCUT2D eigenvalue weighted by atomic mass is 10.3. The predicted octanol–water partition coefficient (Wildman–Crippen LogP) is 2.96. The van der Waals surface area contributed by atoms with Crippen molar-refractivity contribution in [2.45, 2.75) is 25.0 Å². The molecule has 1 rings (SSSR count). The first-order valence-corrected chi connectivity index (χ1v) is 6.82. The Bertz CT molecular complexity index is 264. The SMILES string of the molecule is CCCCSC(CO)COc1ccccc1. The molecule has 1 aromatic carbocycles. The summed E-state index contributed by atoms with van der Waals surface area (Å²) in [4.78, 5) is 0. The van der Waals surface area contributed by atoms with Crippen molar-refractivity contribution >= 4 is 11.8 Å². The molecule has 0 heterocycles. The summed E-state index contributed by atoms with van der Waals surface area (Å²) in [6, 6.07) is 9.74. The monoisotopic (exact) mass is 240 g/mol. The van der Waals surface area contributed by atoms with Crippen LogP contribution in [0.3, 0.4) is 0 Å². The molecule has 16 heavy (non-hydrogen) atoms. The molecule has 0 fully saturated rings. The van der Waals surface area contributed by atoms with Gasteiger partial charge in [-0.25, -0.2) is 0 Å². The maximum absolute atomic E-state index is 9.20. The molecule has 90 valence electrons. The average Bonchev–Trinajstić information content (AvgIpc) is 2.35. The Morgan fingerprint density at radius 1 is 1.31 bits per heavy atom. The Labute approximate surface area is 102 Å². The van der Waals surface area contributed by atoms with Crippen LogP contribution in [-0.4, -0.2) is 29.3 Å². The highest BCUT2D eigenvalue weighted by atomic mass is 32.2. The van der Waals surface area contributed by atoms with Crippen LogP contribution in [0.2, 0.25) is 0 Å². The van der Waals surface area contributed by atoms with E-state index in [-0.39, 0.29) is 11.9 Å². The van der Waals surface area contributed by atoms with Crippen molar-refractivity contribution in [2.24, 2.45) is 0 Å². The van der Waals surface area contributed by atoms with Gasteiger partial charge in [0.05, 0.1) is 11.9 Å². The van der Waals surface area contributed by atoms with Crippen molar-refractivity contribution in [2.75, 3.05) is 19.0 Å². The zero-order chi connectivity index (χ0) is 11.6. The third-order valence-corrected chi connectivity index (χ3v) is 3.52. The van der Waals surface area contributed by atoms with Crippen molar-refractivity contribution in [3.63, 3.8) is 0 Å². The smallest absolute Gasteiger partial charge is 0.119 e. The van der Waals surface area contributed by atoms with Gasteiger partial charge in [-0.3, -0.25) is 0 Å². The van der Waals surface area contributed by atoms with Gasteiger partial charge < -0.3 is 9.84 Å². The maximum atomic E-state index is 9.20. The molecule has 1 atom stereocenters. The molecule has 0 bridgehead atoms. The van der Waals surface area contributed by atoms with E-state index in [0.717, 1.165) is 11.5 Å². The first-order chi connectivity index (χ1) is 7.86. The second-order valence-corrected chi connectivity index (χ2v) is 5.06. The van der Waals surface area contributed by atoms with Gasteiger partial charge >= 0.3 is 0 Å². The first-order valence-electron chi connectivity index (χ1n) is 5.77. The quantitative estimate of drug-likeness (QED) is 0.708. The Morgan fingerprint density at radius 3 is 2.69 bits per heavy atom. The van der Waals surface area contributed by atoms with E-state index in [9.17, 15) is 5.11 Å². The molecule has 1 unspecified atom stereocenters. The fraction of sp³-hybridized carbons (Fsp3) is 0.538. The van der Waals surface area contributed by atoms with Crippen LogP contribution in [0.4, 0.5) is 0 Å². The highest BCUT2D eigenvalue weighted by Crippen LogP contribution is 2.15. The van der Waals surface area contributed by atoms with Crippen LogP contribution in [0.15, 0.2) is 30.3 Å². The number of unbranched alkanes of at least 4 members (excludes halogenated alkanes) is 1. The molecule has 1 N–H and O–H groups in total. The number of hydrogen-bond donors (Lipinski definition) is 1. The molecule has 0 spiro atoms. The van der Waals surface area contributed by atoms with E-state index in [1.807, 2.05) is 30.3 Å². The van der Waals surface area contributed by atoms with Crippen LogP contribution >= 0.6 is 11.8 Å². The summed E-state index contributed by atoms with van der Waals surface area (Å²) in [5.41, 5.74) is 0. The highest BCUT2D eigenvalue weighted by molar-refractivity contribution is 7.99. The lowest BCUT2D eigenvalue weighted by Gasteiger charge is -2.14. The topological polar surface area (TPSA) is 29.5 Å². The zero-order valence-electron chi connectivity index (χ0n) is 9.76. The Morgan fingerprint density at radius 2 is 2.06 bits per heavy atom.